The maximum Gasteiger partial charge on any atom is 0.309 e. The quantitative estimate of drug-likeness (QED) is 0.369. The summed E-state index contributed by atoms with van der Waals surface area (Å²) in [6, 6.07) is 13.3. The summed E-state index contributed by atoms with van der Waals surface area (Å²) < 4.78 is 29.6. The Morgan fingerprint density at radius 2 is 1.53 bits per heavy atom. The van der Waals surface area contributed by atoms with Gasteiger partial charge in [-0.25, -0.2) is 8.42 Å². The number of aryl methyl sites for hydroxylation is 2. The number of thioether (sulfide) groups is 1. The minimum absolute atomic E-state index is 0.214. The standard InChI is InChI=1S/C27H37NO4S2/c1-5-7-8-9-18-33-26-23(6-2)28(34(31,32)22-16-12-20(4)13-17-22)25(24(26)27(29)30)21-14-10-19(3)11-15-21/h10-17,23-26H,5-9,18H2,1-4H3,(H,29,30)/t23-,24+,25+,26-/m1/s1. The van der Waals surface area contributed by atoms with E-state index in [1.165, 1.54) is 4.31 Å². The molecule has 1 heterocycles. The zero-order valence-corrected chi connectivity index (χ0v) is 22.2. The molecular formula is C27H37NO4S2. The van der Waals surface area contributed by atoms with Gasteiger partial charge >= 0.3 is 5.97 Å². The third-order valence-electron chi connectivity index (χ3n) is 6.70. The van der Waals surface area contributed by atoms with E-state index < -0.39 is 34.0 Å². The molecule has 0 amide bonds. The monoisotopic (exact) mass is 503 g/mol. The Bertz CT molecular complexity index is 1050. The lowest BCUT2D eigenvalue weighted by Crippen LogP contribution is -2.39. The van der Waals surface area contributed by atoms with Gasteiger partial charge in [0, 0.05) is 11.3 Å². The van der Waals surface area contributed by atoms with Crippen LogP contribution in [0.25, 0.3) is 0 Å². The molecule has 2 aromatic carbocycles. The summed E-state index contributed by atoms with van der Waals surface area (Å²) in [6.45, 7) is 8.01. The molecule has 186 valence electrons. The molecule has 1 fully saturated rings. The average molecular weight is 504 g/mol. The van der Waals surface area contributed by atoms with E-state index in [0.717, 1.165) is 48.1 Å². The molecular weight excluding hydrogens is 466 g/mol. The van der Waals surface area contributed by atoms with Crippen LogP contribution >= 0.6 is 11.8 Å². The van der Waals surface area contributed by atoms with Gasteiger partial charge in [-0.1, -0.05) is 80.6 Å². The number of carbonyl (C=O) groups is 1. The number of unbranched alkanes of at least 4 members (excludes halogenated alkanes) is 3. The highest BCUT2D eigenvalue weighted by molar-refractivity contribution is 8.00. The van der Waals surface area contributed by atoms with Crippen molar-refractivity contribution in [3.63, 3.8) is 0 Å². The first kappa shape index (κ1) is 26.8. The van der Waals surface area contributed by atoms with Crippen LogP contribution < -0.4 is 0 Å². The molecule has 2 aromatic rings. The van der Waals surface area contributed by atoms with E-state index in [9.17, 15) is 18.3 Å². The highest BCUT2D eigenvalue weighted by atomic mass is 32.2. The summed E-state index contributed by atoms with van der Waals surface area (Å²) in [7, 11) is -3.91. The fraction of sp³-hybridized carbons (Fsp3) is 0.519. The lowest BCUT2D eigenvalue weighted by Gasteiger charge is -2.30. The minimum atomic E-state index is -3.91. The van der Waals surface area contributed by atoms with Crippen LogP contribution in [0.1, 0.15) is 68.7 Å². The molecule has 0 aromatic heterocycles. The van der Waals surface area contributed by atoms with Gasteiger partial charge in [-0.15, -0.1) is 0 Å². The number of carboxylic acids is 1. The van der Waals surface area contributed by atoms with Crippen LogP contribution in [0.5, 0.6) is 0 Å². The number of benzene rings is 2. The Kier molecular flexibility index (Phi) is 9.24. The third kappa shape index (κ3) is 5.69. The summed E-state index contributed by atoms with van der Waals surface area (Å²) in [5.41, 5.74) is 2.77. The minimum Gasteiger partial charge on any atom is -0.481 e. The molecule has 0 unspecified atom stereocenters. The van der Waals surface area contributed by atoms with Crippen molar-refractivity contribution in [2.75, 3.05) is 5.75 Å². The Morgan fingerprint density at radius 3 is 2.06 bits per heavy atom. The van der Waals surface area contributed by atoms with Gasteiger partial charge in [-0.3, -0.25) is 4.79 Å². The Labute approximate surface area is 209 Å². The summed E-state index contributed by atoms with van der Waals surface area (Å²) in [5, 5.41) is 10.1. The van der Waals surface area contributed by atoms with Crippen LogP contribution in [0, 0.1) is 19.8 Å². The van der Waals surface area contributed by atoms with Crippen LogP contribution in [0.3, 0.4) is 0 Å². The molecule has 0 aliphatic carbocycles. The van der Waals surface area contributed by atoms with Crippen molar-refractivity contribution in [2.45, 2.75) is 82.0 Å². The summed E-state index contributed by atoms with van der Waals surface area (Å²) in [5.74, 6) is -0.912. The fourth-order valence-corrected chi connectivity index (χ4v) is 8.51. The first-order chi connectivity index (χ1) is 16.2. The summed E-state index contributed by atoms with van der Waals surface area (Å²) >= 11 is 1.64. The second kappa shape index (κ2) is 11.7. The van der Waals surface area contributed by atoms with Crippen molar-refractivity contribution in [2.24, 2.45) is 5.92 Å². The molecule has 1 N–H and O–H groups in total. The zero-order chi connectivity index (χ0) is 24.9. The topological polar surface area (TPSA) is 74.7 Å². The molecule has 3 rings (SSSR count). The van der Waals surface area contributed by atoms with Gasteiger partial charge in [0.25, 0.3) is 0 Å². The van der Waals surface area contributed by atoms with E-state index in [2.05, 4.69) is 6.92 Å². The van der Waals surface area contributed by atoms with Gasteiger partial charge in [-0.05, 0) is 50.1 Å². The van der Waals surface area contributed by atoms with Crippen molar-refractivity contribution in [1.82, 2.24) is 4.31 Å². The van der Waals surface area contributed by atoms with Gasteiger partial charge in [0.2, 0.25) is 10.0 Å². The molecule has 4 atom stereocenters. The second-order valence-electron chi connectivity index (χ2n) is 9.24. The Hall–Kier alpha value is -1.83. The molecule has 0 radical (unpaired) electrons. The first-order valence-corrected chi connectivity index (χ1v) is 14.7. The molecule has 0 spiro atoms. The van der Waals surface area contributed by atoms with Crippen molar-refractivity contribution >= 4 is 27.8 Å². The molecule has 7 heteroatoms. The smallest absolute Gasteiger partial charge is 0.309 e. The lowest BCUT2D eigenvalue weighted by molar-refractivity contribution is -0.142. The van der Waals surface area contributed by atoms with Gasteiger partial charge in [0.1, 0.15) is 0 Å². The molecule has 34 heavy (non-hydrogen) atoms. The van der Waals surface area contributed by atoms with E-state index in [1.54, 1.807) is 36.0 Å². The van der Waals surface area contributed by atoms with E-state index in [1.807, 2.05) is 45.0 Å². The summed E-state index contributed by atoms with van der Waals surface area (Å²) in [6.07, 6.45) is 4.98. The highest BCUT2D eigenvalue weighted by Gasteiger charge is 2.56. The van der Waals surface area contributed by atoms with Crippen LogP contribution in [0.2, 0.25) is 0 Å². The van der Waals surface area contributed by atoms with Gasteiger partial charge in [-0.2, -0.15) is 16.1 Å². The van der Waals surface area contributed by atoms with Crippen LogP contribution in [-0.4, -0.2) is 40.8 Å². The number of aliphatic carboxylic acids is 1. The van der Waals surface area contributed by atoms with E-state index in [0.29, 0.717) is 6.42 Å². The number of sulfonamides is 1. The van der Waals surface area contributed by atoms with Gasteiger partial charge in [0.05, 0.1) is 16.9 Å². The van der Waals surface area contributed by atoms with E-state index in [4.69, 9.17) is 0 Å². The Balaban J connectivity index is 2.08. The lowest BCUT2D eigenvalue weighted by atomic mass is 9.92. The van der Waals surface area contributed by atoms with E-state index in [-0.39, 0.29) is 10.1 Å². The van der Waals surface area contributed by atoms with Crippen molar-refractivity contribution in [3.8, 4) is 0 Å². The Morgan fingerprint density at radius 1 is 0.941 bits per heavy atom. The molecule has 5 nitrogen and oxygen atoms in total. The average Bonchev–Trinajstić information content (AvgIpc) is 3.15. The zero-order valence-electron chi connectivity index (χ0n) is 20.6. The van der Waals surface area contributed by atoms with Crippen LogP contribution in [0.15, 0.2) is 53.4 Å². The number of hydrogen-bond donors (Lipinski definition) is 1. The highest BCUT2D eigenvalue weighted by Crippen LogP contribution is 2.50. The number of nitrogens with zero attached hydrogens (tertiary/aromatic N) is 1. The number of hydrogen-bond acceptors (Lipinski definition) is 4. The molecule has 0 bridgehead atoms. The second-order valence-corrected chi connectivity index (χ2v) is 12.4. The molecule has 1 aliphatic rings. The van der Waals surface area contributed by atoms with Gasteiger partial charge < -0.3 is 5.11 Å². The summed E-state index contributed by atoms with van der Waals surface area (Å²) in [4.78, 5) is 12.9. The van der Waals surface area contributed by atoms with Crippen molar-refractivity contribution < 1.29 is 18.3 Å². The fourth-order valence-electron chi connectivity index (χ4n) is 4.86. The maximum absolute atomic E-state index is 14.0. The predicted octanol–water partition coefficient (Wildman–Crippen LogP) is 6.21. The van der Waals surface area contributed by atoms with Crippen molar-refractivity contribution in [1.29, 1.82) is 0 Å². The van der Waals surface area contributed by atoms with Crippen LogP contribution in [0.4, 0.5) is 0 Å². The first-order valence-electron chi connectivity index (χ1n) is 12.2. The predicted molar refractivity (Wildman–Crippen MR) is 140 cm³/mol. The van der Waals surface area contributed by atoms with Crippen LogP contribution in [-0.2, 0) is 14.8 Å². The SMILES string of the molecule is CCCCCCS[C@H]1[C@@H](C(=O)O)[C@H](c2ccc(C)cc2)N(S(=O)(=O)c2ccc(C)cc2)[C@@H]1CC. The molecule has 1 aliphatic heterocycles. The number of carboxylic acid groups (broad SMARTS) is 1. The largest absolute Gasteiger partial charge is 0.481 e. The van der Waals surface area contributed by atoms with Crippen molar-refractivity contribution in [3.05, 3.63) is 65.2 Å². The maximum atomic E-state index is 14.0. The number of rotatable bonds is 11. The molecule has 1 saturated heterocycles. The van der Waals surface area contributed by atoms with E-state index >= 15 is 0 Å². The normalized spacial score (nSPS) is 23.3. The third-order valence-corrected chi connectivity index (χ3v) is 10.1. The van der Waals surface area contributed by atoms with Gasteiger partial charge in [0.15, 0.2) is 0 Å². The molecule has 0 saturated carbocycles.